The van der Waals surface area contributed by atoms with Gasteiger partial charge in [0.1, 0.15) is 78.0 Å². The van der Waals surface area contributed by atoms with Crippen molar-refractivity contribution in [2.24, 2.45) is 17.6 Å². The highest BCUT2D eigenvalue weighted by Crippen LogP contribution is 2.24. The number of nitrogens with one attached hydrogen (secondary N) is 10. The van der Waals surface area contributed by atoms with E-state index in [9.17, 15) is 58.5 Å². The lowest BCUT2D eigenvalue weighted by Gasteiger charge is -2.37. The van der Waals surface area contributed by atoms with Crippen LogP contribution in [0, 0.1) is 11.8 Å². The molecule has 15 N–H and O–H groups in total. The number of para-hydroxylation sites is 1. The predicted octanol–water partition coefficient (Wildman–Crippen LogP) is 1.84. The number of nitrogens with zero attached hydrogens (tertiary/aromatic N) is 5. The summed E-state index contributed by atoms with van der Waals surface area (Å²) in [6.07, 6.45) is 2.13. The zero-order chi connectivity index (χ0) is 92.6. The van der Waals surface area contributed by atoms with Gasteiger partial charge in [-0.2, -0.15) is 11.8 Å². The largest absolute Gasteiger partial charge is 0.508 e. The number of thioether (sulfide) groups is 2. The van der Waals surface area contributed by atoms with Gasteiger partial charge < -0.3 is 98.4 Å². The van der Waals surface area contributed by atoms with Crippen molar-refractivity contribution in [3.63, 3.8) is 0 Å². The lowest BCUT2D eigenvalue weighted by molar-refractivity contribution is -0.151. The molecule has 35 nitrogen and oxygen atoms in total. The van der Waals surface area contributed by atoms with E-state index in [1.807, 2.05) is 6.92 Å². The lowest BCUT2D eigenvalue weighted by Crippen LogP contribution is -2.61. The van der Waals surface area contributed by atoms with Gasteiger partial charge in [-0.05, 0) is 101 Å². The molecule has 1 aliphatic heterocycles. The Bertz CT molecular complexity index is 4770. The normalized spacial score (nSPS) is 22.2. The first kappa shape index (κ1) is 101. The van der Waals surface area contributed by atoms with Crippen molar-refractivity contribution in [1.82, 2.24) is 77.3 Å². The van der Waals surface area contributed by atoms with Crippen molar-refractivity contribution in [2.45, 2.75) is 172 Å². The van der Waals surface area contributed by atoms with Crippen molar-refractivity contribution < 1.29 is 92.0 Å². The van der Waals surface area contributed by atoms with Crippen LogP contribution in [0.5, 0.6) is 11.5 Å². The molecular weight excluding hydrogens is 1660 g/mol. The second-order valence-corrected chi connectivity index (χ2v) is 34.2. The number of aromatic amines is 1. The number of hydrogen-bond acceptors (Lipinski definition) is 20. The monoisotopic (exact) mass is 1780 g/mol. The maximum Gasteiger partial charge on any atom is 0.305 e. The number of aromatic hydroxyl groups is 2. The van der Waals surface area contributed by atoms with E-state index in [1.165, 1.54) is 105 Å². The SMILES string of the molecule is CCCC[C@H]1C(=O)N(C)CC(=O)NC(CC(=O)O)C(=O)N[C@@H](C(C)C)C(=O)N(C)[C@@H](Cc2ccccc2)C(=O)N[C@@H](Cc2ccc(O)cc2)C(=O)N(C)CC(=O)N[C@@H](Cc2c[nH]c3ccccc23)C(=O)N[C@@H](Cc2ccc(O)cc2)C(=O)N[C@@H](CC(C)C)C(=O)N[C@H](C(=O)NCC(N)=O)CSCC(=O)N[C@@H](CCSC)C(=O)N(C)[C@@H](Cc2ccccc2)C(=O)N1C. The van der Waals surface area contributed by atoms with Crippen LogP contribution in [0.25, 0.3) is 10.9 Å². The van der Waals surface area contributed by atoms with Gasteiger partial charge in [0.2, 0.25) is 88.6 Å². The molecule has 37 heteroatoms. The van der Waals surface area contributed by atoms with Gasteiger partial charge in [0.15, 0.2) is 0 Å². The first-order valence-corrected chi connectivity index (χ1v) is 44.1. The van der Waals surface area contributed by atoms with E-state index in [2.05, 4.69) is 52.8 Å². The number of carboxylic acids is 1. The first-order valence-electron chi connectivity index (χ1n) is 41.6. The van der Waals surface area contributed by atoms with E-state index in [4.69, 9.17) is 5.73 Å². The van der Waals surface area contributed by atoms with Crippen LogP contribution in [0.2, 0.25) is 0 Å². The van der Waals surface area contributed by atoms with Gasteiger partial charge in [-0.1, -0.05) is 151 Å². The summed E-state index contributed by atoms with van der Waals surface area (Å²) in [4.78, 5) is 242. The molecule has 0 aliphatic carbocycles. The number of carboxylic acid groups (broad SMARTS) is 1. The maximum atomic E-state index is 15.4. The smallest absolute Gasteiger partial charge is 0.305 e. The van der Waals surface area contributed by atoms with Crippen LogP contribution in [0.4, 0.5) is 0 Å². The minimum Gasteiger partial charge on any atom is -0.508 e. The Hall–Kier alpha value is -12.5. The molecule has 11 atom stereocenters. The fourth-order valence-electron chi connectivity index (χ4n) is 14.4. The summed E-state index contributed by atoms with van der Waals surface area (Å²) in [5.74, 6) is -16.9. The molecule has 2 heterocycles. The third-order valence-electron chi connectivity index (χ3n) is 21.4. The van der Waals surface area contributed by atoms with Crippen LogP contribution in [-0.4, -0.2) is 284 Å². The highest BCUT2D eigenvalue weighted by atomic mass is 32.2. The van der Waals surface area contributed by atoms with Gasteiger partial charge in [-0.15, -0.1) is 11.8 Å². The van der Waals surface area contributed by atoms with Gasteiger partial charge in [0, 0.05) is 90.2 Å². The van der Waals surface area contributed by atoms with Crippen molar-refractivity contribution in [3.8, 4) is 11.5 Å². The molecule has 1 aromatic heterocycles. The van der Waals surface area contributed by atoms with Crippen LogP contribution in [-0.2, 0) is 109 Å². The van der Waals surface area contributed by atoms with E-state index in [1.54, 1.807) is 125 Å². The Morgan fingerprint density at radius 2 is 0.984 bits per heavy atom. The Morgan fingerprint density at radius 1 is 0.500 bits per heavy atom. The van der Waals surface area contributed by atoms with Crippen LogP contribution in [0.3, 0.4) is 0 Å². The minimum atomic E-state index is -1.90. The highest BCUT2D eigenvalue weighted by Gasteiger charge is 2.42. The number of nitrogens with two attached hydrogens (primary N) is 1. The average molecular weight is 1780 g/mol. The zero-order valence-corrected chi connectivity index (χ0v) is 74.4. The van der Waals surface area contributed by atoms with Crippen molar-refractivity contribution in [2.75, 3.05) is 78.4 Å². The number of amides is 15. The van der Waals surface area contributed by atoms with Crippen molar-refractivity contribution in [3.05, 3.63) is 167 Å². The third kappa shape index (κ3) is 30.7. The van der Waals surface area contributed by atoms with Crippen LogP contribution >= 0.6 is 23.5 Å². The standard InChI is InChI=1S/C89H118N16O19S2/c1-12-13-28-70-87(122)102(7)49-75(110)95-67(45-77(112)113)83(118)100-78(53(4)5)89(124)104(9)71(42-54-22-16-14-17-23-54)84(119)98-68(41-57-31-35-60(107)36-32-57)85(120)101(6)48-74(109)94-66(44-58-46-91-62-27-21-20-26-61(58)62)82(117)97-65(40-56-29-33-59(106)34-30-56)81(116)96-64(39-52(2)3)80(115)99-69(79(114)92-47-73(90)108)50-126-51-76(111)93-63(37-38-125-11)86(121)105(10)72(88(123)103(70)8)43-55-24-18-15-19-25-55/h14-27,29-36,46,52-53,63-72,78,91,106-107H,12-13,28,37-45,47-51H2,1-11H3,(H2,90,108)(H,92,114)(H,93,111)(H,94,109)(H,95,110)(H,96,116)(H,97,117)(H,98,119)(H,99,115)(H,100,118)(H,112,113)/t63-,64-,65-,66-,67?,68-,69-,70-,71-,72-,78-/m0/s1. The molecule has 6 aromatic rings. The second-order valence-electron chi connectivity index (χ2n) is 32.2. The molecule has 5 aromatic carbocycles. The molecule has 1 saturated heterocycles. The van der Waals surface area contributed by atoms with E-state index >= 15 is 33.6 Å². The van der Waals surface area contributed by atoms with Gasteiger partial charge in [0.25, 0.3) is 0 Å². The van der Waals surface area contributed by atoms with Gasteiger partial charge in [-0.3, -0.25) is 76.7 Å². The fourth-order valence-corrected chi connectivity index (χ4v) is 15.7. The Morgan fingerprint density at radius 3 is 1.54 bits per heavy atom. The van der Waals surface area contributed by atoms with Crippen LogP contribution < -0.4 is 53.6 Å². The zero-order valence-electron chi connectivity index (χ0n) is 72.8. The molecule has 1 fully saturated rings. The molecule has 0 spiro atoms. The van der Waals surface area contributed by atoms with Gasteiger partial charge in [-0.25, -0.2) is 0 Å². The number of carbonyl (C=O) groups excluding carboxylic acids is 15. The number of likely N-dealkylation sites (N-methyl/N-ethyl adjacent to an activating group) is 5. The van der Waals surface area contributed by atoms with E-state index < -0.39 is 199 Å². The van der Waals surface area contributed by atoms with E-state index in [-0.39, 0.29) is 74.5 Å². The van der Waals surface area contributed by atoms with Gasteiger partial charge >= 0.3 is 5.97 Å². The average Bonchev–Trinajstić information content (AvgIpc) is 1.22. The van der Waals surface area contributed by atoms with Crippen LogP contribution in [0.15, 0.2) is 140 Å². The van der Waals surface area contributed by atoms with Crippen molar-refractivity contribution in [1.29, 1.82) is 0 Å². The molecule has 15 amide bonds. The summed E-state index contributed by atoms with van der Waals surface area (Å²) in [7, 11) is 6.55. The number of phenolic OH excluding ortho intramolecular Hbond substituents is 2. The summed E-state index contributed by atoms with van der Waals surface area (Å²) in [5, 5.41) is 55.5. The molecular formula is C89H118N16O19S2. The maximum absolute atomic E-state index is 15.4. The summed E-state index contributed by atoms with van der Waals surface area (Å²) in [6.45, 7) is 6.20. The number of rotatable bonds is 24. The first-order chi connectivity index (χ1) is 59.9. The summed E-state index contributed by atoms with van der Waals surface area (Å²) < 4.78 is 0. The molecule has 7 rings (SSSR count). The van der Waals surface area contributed by atoms with E-state index in [0.29, 0.717) is 57.3 Å². The predicted molar refractivity (Wildman–Crippen MR) is 475 cm³/mol. The summed E-state index contributed by atoms with van der Waals surface area (Å²) >= 11 is 2.20. The third-order valence-corrected chi connectivity index (χ3v) is 23.1. The Labute approximate surface area is 741 Å². The summed E-state index contributed by atoms with van der Waals surface area (Å²) in [6, 6.07) is 18.9. The number of phenols is 2. The number of unbranched alkanes of at least 4 members (excludes halogenated alkanes) is 1. The van der Waals surface area contributed by atoms with Crippen LogP contribution in [0.1, 0.15) is 101 Å². The fraction of sp³-hybridized carbons (Fsp3) is 0.461. The lowest BCUT2D eigenvalue weighted by atomic mass is 9.98. The molecule has 1 aliphatic rings. The number of fused-ring (bicyclic) bond motifs is 1. The second kappa shape index (κ2) is 49.2. The van der Waals surface area contributed by atoms with E-state index in [0.717, 1.165) is 26.5 Å². The summed E-state index contributed by atoms with van der Waals surface area (Å²) in [5.41, 5.74) is 8.54. The van der Waals surface area contributed by atoms with Crippen molar-refractivity contribution >= 4 is 129 Å². The number of hydrogen-bond donors (Lipinski definition) is 14. The minimum absolute atomic E-state index is 0.0388. The Kier molecular flexibility index (Phi) is 39.3. The molecule has 0 radical (unpaired) electrons. The molecule has 0 saturated carbocycles. The Balaban J connectivity index is 1.33. The number of H-pyrrole nitrogens is 1. The number of aliphatic carboxylic acids is 1. The molecule has 1 unspecified atom stereocenters. The number of primary amides is 1. The topological polar surface area (TPSA) is 500 Å². The quantitative estimate of drug-likeness (QED) is 0.0411. The molecule has 680 valence electrons. The number of carbonyl (C=O) groups is 16. The molecule has 0 bridgehead atoms. The number of aromatic nitrogens is 1. The van der Waals surface area contributed by atoms with Gasteiger partial charge in [0.05, 0.1) is 31.8 Å². The highest BCUT2D eigenvalue weighted by molar-refractivity contribution is 8.00. The molecule has 126 heavy (non-hydrogen) atoms. The number of benzene rings is 5.